The Hall–Kier alpha value is -1.62. The topological polar surface area (TPSA) is 78.4 Å². The number of nitrogens with two attached hydrogens (primary N) is 1. The molecule has 0 spiro atoms. The number of hydrogen-bond acceptors (Lipinski definition) is 4. The Morgan fingerprint density at radius 2 is 2.11 bits per heavy atom. The van der Waals surface area contributed by atoms with Gasteiger partial charge in [-0.1, -0.05) is 18.9 Å². The van der Waals surface area contributed by atoms with Gasteiger partial charge in [0.15, 0.2) is 5.75 Å². The van der Waals surface area contributed by atoms with E-state index in [9.17, 15) is 10.1 Å². The number of rotatable bonds is 4. The zero-order valence-corrected chi connectivity index (χ0v) is 10.5. The largest absolute Gasteiger partial charge is 0.485 e. The van der Waals surface area contributed by atoms with E-state index >= 15 is 0 Å². The lowest BCUT2D eigenvalue weighted by Gasteiger charge is -2.23. The molecule has 0 aromatic heterocycles. The van der Waals surface area contributed by atoms with Gasteiger partial charge in [-0.25, -0.2) is 0 Å². The van der Waals surface area contributed by atoms with Crippen LogP contribution in [0.3, 0.4) is 0 Å². The predicted octanol–water partition coefficient (Wildman–Crippen LogP) is 2.55. The summed E-state index contributed by atoms with van der Waals surface area (Å²) in [5, 5.41) is 10.9. The maximum atomic E-state index is 10.9. The van der Waals surface area contributed by atoms with E-state index in [0.717, 1.165) is 31.2 Å². The van der Waals surface area contributed by atoms with Crippen molar-refractivity contribution in [2.24, 2.45) is 5.73 Å². The molecule has 1 fully saturated rings. The SMILES string of the molecule is Cc1ccc([N+](=O)[O-])c(OCC2(N)CCCC2)c1. The highest BCUT2D eigenvalue weighted by atomic mass is 16.6. The molecule has 0 aliphatic heterocycles. The number of nitro benzene ring substituents is 1. The number of ether oxygens (including phenoxy) is 1. The van der Waals surface area contributed by atoms with Crippen LogP contribution in [0.15, 0.2) is 18.2 Å². The van der Waals surface area contributed by atoms with Crippen LogP contribution in [-0.2, 0) is 0 Å². The third-order valence-corrected chi connectivity index (χ3v) is 3.43. The summed E-state index contributed by atoms with van der Waals surface area (Å²) in [6.45, 7) is 2.22. The standard InChI is InChI=1S/C13H18N2O3/c1-10-4-5-11(15(16)17)12(8-10)18-9-13(14)6-2-3-7-13/h4-5,8H,2-3,6-7,9,14H2,1H3. The molecule has 1 saturated carbocycles. The molecule has 0 bridgehead atoms. The average Bonchev–Trinajstić information content (AvgIpc) is 2.74. The third kappa shape index (κ3) is 2.79. The monoisotopic (exact) mass is 250 g/mol. The first-order valence-corrected chi connectivity index (χ1v) is 6.17. The molecule has 1 aliphatic carbocycles. The minimum absolute atomic E-state index is 0.00203. The fourth-order valence-corrected chi connectivity index (χ4v) is 2.33. The number of nitrogens with zero attached hydrogens (tertiary/aromatic N) is 1. The van der Waals surface area contributed by atoms with E-state index in [1.54, 1.807) is 12.1 Å². The Balaban J connectivity index is 2.12. The van der Waals surface area contributed by atoms with Crippen molar-refractivity contribution < 1.29 is 9.66 Å². The predicted molar refractivity (Wildman–Crippen MR) is 68.7 cm³/mol. The van der Waals surface area contributed by atoms with Gasteiger partial charge >= 0.3 is 5.69 Å². The second-order valence-corrected chi connectivity index (χ2v) is 5.09. The number of hydrogen-bond donors (Lipinski definition) is 1. The highest BCUT2D eigenvalue weighted by Gasteiger charge is 2.31. The molecule has 0 radical (unpaired) electrons. The molecule has 18 heavy (non-hydrogen) atoms. The van der Waals surface area contributed by atoms with Gasteiger partial charge in [0.05, 0.1) is 10.5 Å². The quantitative estimate of drug-likeness (QED) is 0.658. The van der Waals surface area contributed by atoms with Gasteiger partial charge in [-0.2, -0.15) is 0 Å². The number of nitro groups is 1. The average molecular weight is 250 g/mol. The van der Waals surface area contributed by atoms with Crippen LogP contribution in [0.4, 0.5) is 5.69 Å². The van der Waals surface area contributed by atoms with E-state index in [2.05, 4.69) is 0 Å². The highest BCUT2D eigenvalue weighted by Crippen LogP contribution is 2.31. The molecule has 5 nitrogen and oxygen atoms in total. The summed E-state index contributed by atoms with van der Waals surface area (Å²) in [4.78, 5) is 10.5. The first-order valence-electron chi connectivity index (χ1n) is 6.17. The molecular formula is C13H18N2O3. The lowest BCUT2D eigenvalue weighted by molar-refractivity contribution is -0.385. The Bertz CT molecular complexity index is 454. The molecule has 1 aromatic rings. The summed E-state index contributed by atoms with van der Waals surface area (Å²) in [5.74, 6) is 0.316. The maximum Gasteiger partial charge on any atom is 0.310 e. The third-order valence-electron chi connectivity index (χ3n) is 3.43. The molecule has 0 atom stereocenters. The van der Waals surface area contributed by atoms with Crippen molar-refractivity contribution in [3.63, 3.8) is 0 Å². The van der Waals surface area contributed by atoms with E-state index < -0.39 is 4.92 Å². The van der Waals surface area contributed by atoms with Gasteiger partial charge in [0.1, 0.15) is 6.61 Å². The second-order valence-electron chi connectivity index (χ2n) is 5.09. The zero-order chi connectivity index (χ0) is 13.2. The van der Waals surface area contributed by atoms with E-state index in [1.807, 2.05) is 6.92 Å². The first-order chi connectivity index (χ1) is 8.50. The van der Waals surface area contributed by atoms with Crippen molar-refractivity contribution in [2.45, 2.75) is 38.1 Å². The summed E-state index contributed by atoms with van der Waals surface area (Å²) in [7, 11) is 0. The van der Waals surface area contributed by atoms with Crippen molar-refractivity contribution in [3.05, 3.63) is 33.9 Å². The van der Waals surface area contributed by atoms with Crippen molar-refractivity contribution in [1.82, 2.24) is 0 Å². The molecule has 0 saturated heterocycles. The van der Waals surface area contributed by atoms with Crippen molar-refractivity contribution in [1.29, 1.82) is 0 Å². The highest BCUT2D eigenvalue weighted by molar-refractivity contribution is 5.48. The Morgan fingerprint density at radius 1 is 1.44 bits per heavy atom. The molecule has 5 heteroatoms. The zero-order valence-electron chi connectivity index (χ0n) is 10.5. The summed E-state index contributed by atoms with van der Waals surface area (Å²) in [5.41, 5.74) is 6.79. The van der Waals surface area contributed by atoms with Crippen molar-refractivity contribution >= 4 is 5.69 Å². The molecule has 98 valence electrons. The molecule has 1 aromatic carbocycles. The maximum absolute atomic E-state index is 10.9. The minimum atomic E-state index is -0.424. The van der Waals surface area contributed by atoms with Gasteiger partial charge in [0.2, 0.25) is 0 Å². The summed E-state index contributed by atoms with van der Waals surface area (Å²) < 4.78 is 5.60. The summed E-state index contributed by atoms with van der Waals surface area (Å²) >= 11 is 0. The fraction of sp³-hybridized carbons (Fsp3) is 0.538. The van der Waals surface area contributed by atoms with Crippen LogP contribution < -0.4 is 10.5 Å². The Morgan fingerprint density at radius 3 is 2.72 bits per heavy atom. The van der Waals surface area contributed by atoms with Gasteiger partial charge in [-0.3, -0.25) is 10.1 Å². The Kier molecular flexibility index (Phi) is 3.52. The van der Waals surface area contributed by atoms with Crippen LogP contribution in [0.2, 0.25) is 0 Å². The number of benzene rings is 1. The second kappa shape index (κ2) is 4.94. The minimum Gasteiger partial charge on any atom is -0.485 e. The van der Waals surface area contributed by atoms with Crippen LogP contribution in [-0.4, -0.2) is 17.1 Å². The molecular weight excluding hydrogens is 232 g/mol. The molecule has 0 unspecified atom stereocenters. The van der Waals surface area contributed by atoms with Crippen LogP contribution in [0, 0.1) is 17.0 Å². The normalized spacial score (nSPS) is 17.7. The van der Waals surface area contributed by atoms with Crippen LogP contribution in [0.25, 0.3) is 0 Å². The molecule has 2 N–H and O–H groups in total. The van der Waals surface area contributed by atoms with Crippen LogP contribution in [0.5, 0.6) is 5.75 Å². The van der Waals surface area contributed by atoms with E-state index in [1.165, 1.54) is 6.07 Å². The lowest BCUT2D eigenvalue weighted by Crippen LogP contribution is -2.42. The van der Waals surface area contributed by atoms with Crippen LogP contribution >= 0.6 is 0 Å². The Labute approximate surface area is 106 Å². The number of aryl methyl sites for hydroxylation is 1. The van der Waals surface area contributed by atoms with Gasteiger partial charge < -0.3 is 10.5 Å². The molecule has 2 rings (SSSR count). The van der Waals surface area contributed by atoms with E-state index in [0.29, 0.717) is 12.4 Å². The molecule has 0 amide bonds. The van der Waals surface area contributed by atoms with Gasteiger partial charge in [0, 0.05) is 6.07 Å². The van der Waals surface area contributed by atoms with Gasteiger partial charge in [-0.05, 0) is 31.4 Å². The van der Waals surface area contributed by atoms with E-state index in [4.69, 9.17) is 10.5 Å². The smallest absolute Gasteiger partial charge is 0.310 e. The first kappa shape index (κ1) is 12.8. The summed E-state index contributed by atoms with van der Waals surface area (Å²) in [6.07, 6.45) is 4.06. The molecule has 1 aliphatic rings. The van der Waals surface area contributed by atoms with Crippen molar-refractivity contribution in [3.8, 4) is 5.75 Å². The van der Waals surface area contributed by atoms with Crippen LogP contribution in [0.1, 0.15) is 31.2 Å². The summed E-state index contributed by atoms with van der Waals surface area (Å²) in [6, 6.07) is 4.87. The van der Waals surface area contributed by atoms with Gasteiger partial charge in [-0.15, -0.1) is 0 Å². The lowest BCUT2D eigenvalue weighted by atomic mass is 10.0. The van der Waals surface area contributed by atoms with Crippen molar-refractivity contribution in [2.75, 3.05) is 6.61 Å². The molecule has 0 heterocycles. The fourth-order valence-electron chi connectivity index (χ4n) is 2.33. The van der Waals surface area contributed by atoms with Gasteiger partial charge in [0.25, 0.3) is 0 Å². The van der Waals surface area contributed by atoms with E-state index in [-0.39, 0.29) is 11.2 Å².